The van der Waals surface area contributed by atoms with Crippen LogP contribution in [-0.4, -0.2) is 101 Å². The second kappa shape index (κ2) is 10.3. The van der Waals surface area contributed by atoms with Crippen LogP contribution in [0.5, 0.6) is 0 Å². The fourth-order valence-electron chi connectivity index (χ4n) is 4.08. The molecule has 0 atom stereocenters. The molecule has 0 aromatic heterocycles. The van der Waals surface area contributed by atoms with E-state index in [9.17, 15) is 18.0 Å². The topological polar surface area (TPSA) is 114 Å². The number of rotatable bonds is 6. The van der Waals surface area contributed by atoms with Crippen molar-refractivity contribution in [2.45, 2.75) is 26.3 Å². The van der Waals surface area contributed by atoms with Gasteiger partial charge in [-0.05, 0) is 39.0 Å². The highest BCUT2D eigenvalue weighted by Gasteiger charge is 2.26. The van der Waals surface area contributed by atoms with Crippen LogP contribution in [-0.2, 0) is 14.8 Å². The van der Waals surface area contributed by atoms with Gasteiger partial charge < -0.3 is 20.4 Å². The SMILES string of the molecule is CC(C)(C)NC(=O)CN1CCN(C(=O)c2ccc(N3CCNCC3)c(NS(C)(=O)=O)c2)CC1. The number of nitrogens with zero attached hydrogens (tertiary/aromatic N) is 3. The van der Waals surface area contributed by atoms with Crippen molar-refractivity contribution in [2.75, 3.05) is 74.8 Å². The molecule has 2 aliphatic heterocycles. The van der Waals surface area contributed by atoms with Gasteiger partial charge >= 0.3 is 0 Å². The van der Waals surface area contributed by atoms with E-state index < -0.39 is 10.0 Å². The van der Waals surface area contributed by atoms with Crippen molar-refractivity contribution < 1.29 is 18.0 Å². The number of carbonyl (C=O) groups is 2. The second-order valence-corrected chi connectivity index (χ2v) is 11.5. The number of anilines is 2. The summed E-state index contributed by atoms with van der Waals surface area (Å²) in [6.07, 6.45) is 1.11. The van der Waals surface area contributed by atoms with E-state index in [4.69, 9.17) is 0 Å². The van der Waals surface area contributed by atoms with E-state index in [1.807, 2.05) is 31.7 Å². The van der Waals surface area contributed by atoms with Gasteiger partial charge in [-0.25, -0.2) is 8.42 Å². The van der Waals surface area contributed by atoms with Crippen molar-refractivity contribution >= 4 is 33.2 Å². The number of sulfonamides is 1. The van der Waals surface area contributed by atoms with Crippen molar-refractivity contribution in [3.63, 3.8) is 0 Å². The van der Waals surface area contributed by atoms with Crippen LogP contribution in [0, 0.1) is 0 Å². The first-order valence-corrected chi connectivity index (χ1v) is 13.2. The number of benzene rings is 1. The molecule has 2 fully saturated rings. The van der Waals surface area contributed by atoms with Crippen molar-refractivity contribution in [1.82, 2.24) is 20.4 Å². The molecular formula is C22H36N6O4S. The summed E-state index contributed by atoms with van der Waals surface area (Å²) < 4.78 is 26.5. The molecule has 0 saturated carbocycles. The van der Waals surface area contributed by atoms with Crippen molar-refractivity contribution in [3.05, 3.63) is 23.8 Å². The zero-order valence-corrected chi connectivity index (χ0v) is 20.8. The van der Waals surface area contributed by atoms with E-state index in [-0.39, 0.29) is 17.4 Å². The van der Waals surface area contributed by atoms with Crippen LogP contribution in [0.4, 0.5) is 11.4 Å². The zero-order valence-electron chi connectivity index (χ0n) is 20.0. The fourth-order valence-corrected chi connectivity index (χ4v) is 4.65. The van der Waals surface area contributed by atoms with Crippen molar-refractivity contribution in [2.24, 2.45) is 0 Å². The number of carbonyl (C=O) groups excluding carboxylic acids is 2. The molecule has 11 heteroatoms. The molecule has 2 saturated heterocycles. The van der Waals surface area contributed by atoms with Crippen LogP contribution in [0.2, 0.25) is 0 Å². The largest absolute Gasteiger partial charge is 0.367 e. The quantitative estimate of drug-likeness (QED) is 0.531. The Morgan fingerprint density at radius 1 is 1.03 bits per heavy atom. The molecule has 0 spiro atoms. The Morgan fingerprint density at radius 3 is 2.24 bits per heavy atom. The Balaban J connectivity index is 1.67. The van der Waals surface area contributed by atoms with Crippen LogP contribution >= 0.6 is 0 Å². The van der Waals surface area contributed by atoms with Gasteiger partial charge in [0.25, 0.3) is 5.91 Å². The minimum atomic E-state index is -3.50. The zero-order chi connectivity index (χ0) is 24.2. The van der Waals surface area contributed by atoms with Gasteiger partial charge in [0.2, 0.25) is 15.9 Å². The molecule has 10 nitrogen and oxygen atoms in total. The van der Waals surface area contributed by atoms with Crippen LogP contribution < -0.4 is 20.3 Å². The van der Waals surface area contributed by atoms with E-state index in [0.717, 1.165) is 38.1 Å². The summed E-state index contributed by atoms with van der Waals surface area (Å²) in [6, 6.07) is 5.21. The maximum atomic E-state index is 13.1. The smallest absolute Gasteiger partial charge is 0.254 e. The summed E-state index contributed by atoms with van der Waals surface area (Å²) in [6.45, 7) is 11.5. The van der Waals surface area contributed by atoms with Gasteiger partial charge in [-0.1, -0.05) is 0 Å². The molecule has 0 radical (unpaired) electrons. The molecule has 0 unspecified atom stereocenters. The minimum absolute atomic E-state index is 0.0257. The lowest BCUT2D eigenvalue weighted by Crippen LogP contribution is -2.52. The van der Waals surface area contributed by atoms with E-state index >= 15 is 0 Å². The number of hydrogen-bond acceptors (Lipinski definition) is 7. The highest BCUT2D eigenvalue weighted by atomic mass is 32.2. The lowest BCUT2D eigenvalue weighted by molar-refractivity contribution is -0.124. The van der Waals surface area contributed by atoms with Crippen LogP contribution in [0.3, 0.4) is 0 Å². The summed E-state index contributed by atoms with van der Waals surface area (Å²) in [5.41, 5.74) is 1.36. The van der Waals surface area contributed by atoms with Gasteiger partial charge in [0.05, 0.1) is 24.2 Å². The molecule has 2 aliphatic rings. The predicted octanol–water partition coefficient (Wildman–Crippen LogP) is 0.140. The van der Waals surface area contributed by atoms with Crippen LogP contribution in [0.25, 0.3) is 0 Å². The molecule has 33 heavy (non-hydrogen) atoms. The molecule has 1 aromatic carbocycles. The van der Waals surface area contributed by atoms with Gasteiger partial charge in [0.15, 0.2) is 0 Å². The van der Waals surface area contributed by atoms with Crippen molar-refractivity contribution in [3.8, 4) is 0 Å². The molecule has 2 heterocycles. The average molecular weight is 481 g/mol. The Labute approximate surface area is 196 Å². The van der Waals surface area contributed by atoms with Crippen LogP contribution in [0.1, 0.15) is 31.1 Å². The van der Waals surface area contributed by atoms with Gasteiger partial charge in [-0.3, -0.25) is 19.2 Å². The highest BCUT2D eigenvalue weighted by molar-refractivity contribution is 7.92. The molecule has 3 rings (SSSR count). The molecule has 0 bridgehead atoms. The third-order valence-electron chi connectivity index (χ3n) is 5.54. The first-order valence-electron chi connectivity index (χ1n) is 11.3. The van der Waals surface area contributed by atoms with Crippen LogP contribution in [0.15, 0.2) is 18.2 Å². The Kier molecular flexibility index (Phi) is 7.86. The monoisotopic (exact) mass is 480 g/mol. The summed E-state index contributed by atoms with van der Waals surface area (Å²) in [5, 5.41) is 6.24. The molecular weight excluding hydrogens is 444 g/mol. The minimum Gasteiger partial charge on any atom is -0.367 e. The number of amides is 2. The lowest BCUT2D eigenvalue weighted by atomic mass is 10.1. The standard InChI is InChI=1S/C22H36N6O4S/c1-22(2,3)24-20(29)16-26-11-13-28(14-12-26)21(30)17-5-6-19(27-9-7-23-8-10-27)18(15-17)25-33(4,31)32/h5-6,15,23,25H,7-14,16H2,1-4H3,(H,24,29). The highest BCUT2D eigenvalue weighted by Crippen LogP contribution is 2.29. The average Bonchev–Trinajstić information content (AvgIpc) is 2.72. The second-order valence-electron chi connectivity index (χ2n) is 9.71. The third kappa shape index (κ3) is 7.58. The molecule has 3 N–H and O–H groups in total. The molecule has 1 aromatic rings. The van der Waals surface area contributed by atoms with Gasteiger partial charge in [-0.15, -0.1) is 0 Å². The van der Waals surface area contributed by atoms with Gasteiger partial charge in [-0.2, -0.15) is 0 Å². The lowest BCUT2D eigenvalue weighted by Gasteiger charge is -2.35. The fraction of sp³-hybridized carbons (Fsp3) is 0.636. The summed E-state index contributed by atoms with van der Waals surface area (Å²) in [4.78, 5) is 31.2. The van der Waals surface area contributed by atoms with E-state index in [2.05, 4.69) is 20.3 Å². The Morgan fingerprint density at radius 2 is 1.67 bits per heavy atom. The van der Waals surface area contributed by atoms with Gasteiger partial charge in [0, 0.05) is 63.5 Å². The number of hydrogen-bond donors (Lipinski definition) is 3. The first-order chi connectivity index (χ1) is 15.4. The normalized spacial score (nSPS) is 18.2. The summed E-state index contributed by atoms with van der Waals surface area (Å²) in [5.74, 6) is -0.167. The van der Waals surface area contributed by atoms with Crippen molar-refractivity contribution in [1.29, 1.82) is 0 Å². The Hall–Kier alpha value is -2.37. The predicted molar refractivity (Wildman–Crippen MR) is 130 cm³/mol. The maximum Gasteiger partial charge on any atom is 0.254 e. The first kappa shape index (κ1) is 25.3. The summed E-state index contributed by atoms with van der Waals surface area (Å²) >= 11 is 0. The summed E-state index contributed by atoms with van der Waals surface area (Å²) in [7, 11) is -3.50. The van der Waals surface area contributed by atoms with E-state index in [1.165, 1.54) is 0 Å². The number of piperazine rings is 2. The molecule has 184 valence electrons. The molecule has 2 amide bonds. The van der Waals surface area contributed by atoms with E-state index in [0.29, 0.717) is 44.0 Å². The molecule has 0 aliphatic carbocycles. The maximum absolute atomic E-state index is 13.1. The van der Waals surface area contributed by atoms with Gasteiger partial charge in [0.1, 0.15) is 0 Å². The van der Waals surface area contributed by atoms with E-state index in [1.54, 1.807) is 17.0 Å². The number of nitrogens with one attached hydrogen (secondary N) is 3. The Bertz CT molecular complexity index is 962. The third-order valence-corrected chi connectivity index (χ3v) is 6.13.